The van der Waals surface area contributed by atoms with Crippen molar-refractivity contribution in [3.63, 3.8) is 0 Å². The normalized spacial score (nSPS) is 13.3. The molecule has 0 aromatic heterocycles. The van der Waals surface area contributed by atoms with Crippen molar-refractivity contribution >= 4 is 11.8 Å². The number of hydrogen-bond acceptors (Lipinski definition) is 6. The van der Waals surface area contributed by atoms with E-state index in [4.69, 9.17) is 14.2 Å². The van der Waals surface area contributed by atoms with E-state index in [1.165, 1.54) is 7.11 Å². The fourth-order valence-corrected chi connectivity index (χ4v) is 4.60. The molecule has 0 N–H and O–H groups in total. The molecule has 0 aliphatic carbocycles. The van der Waals surface area contributed by atoms with Crippen molar-refractivity contribution in [2.24, 2.45) is 0 Å². The Kier molecular flexibility index (Phi) is 7.52. The first-order chi connectivity index (χ1) is 18.6. The molecule has 0 bridgehead atoms. The molecule has 192 valence electrons. The first-order valence-electron chi connectivity index (χ1n) is 12.6. The quantitative estimate of drug-likeness (QED) is 0.205. The number of ketones is 1. The van der Waals surface area contributed by atoms with Crippen LogP contribution in [0.4, 0.5) is 0 Å². The SMILES string of the molecule is COC(=O)CCN(CC(=O)c1ccc2c(c1)OC(c1ccccc1)(c1ccccc1)O2)Cc1ccccc1. The van der Waals surface area contributed by atoms with Crippen molar-refractivity contribution in [3.8, 4) is 11.5 Å². The molecule has 1 aliphatic rings. The molecule has 0 saturated heterocycles. The molecule has 4 aromatic rings. The second-order valence-electron chi connectivity index (χ2n) is 9.16. The summed E-state index contributed by atoms with van der Waals surface area (Å²) in [7, 11) is 1.37. The van der Waals surface area contributed by atoms with E-state index in [1.54, 1.807) is 18.2 Å². The highest BCUT2D eigenvalue weighted by Crippen LogP contribution is 2.47. The van der Waals surface area contributed by atoms with Crippen LogP contribution in [0.25, 0.3) is 0 Å². The number of Topliss-reactive ketones (excluding diaryl/α,β-unsaturated/α-hetero) is 1. The summed E-state index contributed by atoms with van der Waals surface area (Å²) in [6.45, 7) is 1.09. The lowest BCUT2D eigenvalue weighted by atomic mass is 9.97. The summed E-state index contributed by atoms with van der Waals surface area (Å²) in [6, 6.07) is 34.7. The number of esters is 1. The third-order valence-corrected chi connectivity index (χ3v) is 6.56. The number of nitrogens with zero attached hydrogens (tertiary/aromatic N) is 1. The van der Waals surface area contributed by atoms with Crippen molar-refractivity contribution in [2.45, 2.75) is 18.8 Å². The van der Waals surface area contributed by atoms with Crippen molar-refractivity contribution in [1.29, 1.82) is 0 Å². The van der Waals surface area contributed by atoms with Gasteiger partial charge in [0.15, 0.2) is 17.3 Å². The Morgan fingerprint density at radius 2 is 1.34 bits per heavy atom. The average molecular weight is 508 g/mol. The third-order valence-electron chi connectivity index (χ3n) is 6.56. The van der Waals surface area contributed by atoms with Crippen LogP contribution in [0.5, 0.6) is 11.5 Å². The summed E-state index contributed by atoms with van der Waals surface area (Å²) in [5.74, 6) is -0.452. The van der Waals surface area contributed by atoms with Gasteiger partial charge in [0.2, 0.25) is 0 Å². The monoisotopic (exact) mass is 507 g/mol. The zero-order valence-electron chi connectivity index (χ0n) is 21.2. The predicted molar refractivity (Wildman–Crippen MR) is 144 cm³/mol. The zero-order chi connectivity index (χ0) is 26.4. The van der Waals surface area contributed by atoms with Crippen LogP contribution in [0.15, 0.2) is 109 Å². The molecule has 0 spiro atoms. The smallest absolute Gasteiger partial charge is 0.306 e. The van der Waals surface area contributed by atoms with Crippen molar-refractivity contribution < 1.29 is 23.8 Å². The van der Waals surface area contributed by atoms with Gasteiger partial charge in [0.1, 0.15) is 0 Å². The van der Waals surface area contributed by atoms with E-state index in [0.29, 0.717) is 30.2 Å². The number of rotatable bonds is 10. The van der Waals surface area contributed by atoms with E-state index in [2.05, 4.69) is 0 Å². The maximum Gasteiger partial charge on any atom is 0.306 e. The molecule has 0 amide bonds. The fraction of sp³-hybridized carbons (Fsp3) is 0.188. The van der Waals surface area contributed by atoms with Gasteiger partial charge in [0, 0.05) is 29.8 Å². The van der Waals surface area contributed by atoms with Gasteiger partial charge in [-0.15, -0.1) is 0 Å². The number of carbonyl (C=O) groups excluding carboxylic acids is 2. The molecular formula is C32H29NO5. The molecule has 1 aliphatic heterocycles. The van der Waals surface area contributed by atoms with Crippen LogP contribution in [0.2, 0.25) is 0 Å². The van der Waals surface area contributed by atoms with E-state index in [9.17, 15) is 9.59 Å². The standard InChI is InChI=1S/C32H29NO5/c1-36-31(35)19-20-33(22-24-11-5-2-6-12-24)23-28(34)25-17-18-29-30(21-25)38-32(37-29,26-13-7-3-8-14-26)27-15-9-4-10-16-27/h2-18,21H,19-20,22-23H2,1H3. The van der Waals surface area contributed by atoms with Gasteiger partial charge >= 0.3 is 11.8 Å². The van der Waals surface area contributed by atoms with Gasteiger partial charge in [-0.3, -0.25) is 14.5 Å². The summed E-state index contributed by atoms with van der Waals surface area (Å²) >= 11 is 0. The maximum absolute atomic E-state index is 13.4. The molecule has 0 saturated carbocycles. The third kappa shape index (κ3) is 5.45. The van der Waals surface area contributed by atoms with Gasteiger partial charge in [-0.25, -0.2) is 0 Å². The number of fused-ring (bicyclic) bond motifs is 1. The predicted octanol–water partition coefficient (Wildman–Crippen LogP) is 5.61. The van der Waals surface area contributed by atoms with Gasteiger partial charge in [-0.2, -0.15) is 0 Å². The maximum atomic E-state index is 13.4. The van der Waals surface area contributed by atoms with E-state index < -0.39 is 5.79 Å². The Labute approximate surface area is 222 Å². The van der Waals surface area contributed by atoms with Gasteiger partial charge in [-0.05, 0) is 23.8 Å². The minimum atomic E-state index is -1.15. The molecule has 0 atom stereocenters. The van der Waals surface area contributed by atoms with Crippen LogP contribution in [-0.4, -0.2) is 36.9 Å². The van der Waals surface area contributed by atoms with E-state index in [-0.39, 0.29) is 24.7 Å². The number of carbonyl (C=O) groups is 2. The molecule has 5 rings (SSSR count). The van der Waals surface area contributed by atoms with Crippen LogP contribution in [-0.2, 0) is 21.9 Å². The number of methoxy groups -OCH3 is 1. The van der Waals surface area contributed by atoms with Gasteiger partial charge < -0.3 is 14.2 Å². The largest absolute Gasteiger partial charge is 0.469 e. The first-order valence-corrected chi connectivity index (χ1v) is 12.6. The molecule has 6 nitrogen and oxygen atoms in total. The number of benzene rings is 4. The van der Waals surface area contributed by atoms with Crippen molar-refractivity contribution in [3.05, 3.63) is 131 Å². The van der Waals surface area contributed by atoms with Crippen molar-refractivity contribution in [2.75, 3.05) is 20.2 Å². The summed E-state index contributed by atoms with van der Waals surface area (Å²) in [6.07, 6.45) is 0.203. The molecule has 6 heteroatoms. The highest BCUT2D eigenvalue weighted by molar-refractivity contribution is 5.98. The number of hydrogen-bond donors (Lipinski definition) is 0. The lowest BCUT2D eigenvalue weighted by Crippen LogP contribution is -2.36. The minimum absolute atomic E-state index is 0.0749. The van der Waals surface area contributed by atoms with Crippen LogP contribution < -0.4 is 9.47 Å². The van der Waals surface area contributed by atoms with Crippen LogP contribution in [0.3, 0.4) is 0 Å². The van der Waals surface area contributed by atoms with Crippen LogP contribution in [0.1, 0.15) is 33.5 Å². The molecule has 4 aromatic carbocycles. The topological polar surface area (TPSA) is 65.1 Å². The van der Waals surface area contributed by atoms with Crippen molar-refractivity contribution in [1.82, 2.24) is 4.90 Å². The molecule has 0 unspecified atom stereocenters. The molecule has 1 heterocycles. The van der Waals surface area contributed by atoms with E-state index in [0.717, 1.165) is 16.7 Å². The van der Waals surface area contributed by atoms with Crippen LogP contribution >= 0.6 is 0 Å². The molecule has 0 fully saturated rings. The lowest BCUT2D eigenvalue weighted by Gasteiger charge is -2.28. The highest BCUT2D eigenvalue weighted by atomic mass is 16.7. The number of ether oxygens (including phenoxy) is 3. The Morgan fingerprint density at radius 1 is 0.763 bits per heavy atom. The van der Waals surface area contributed by atoms with Gasteiger partial charge in [-0.1, -0.05) is 91.0 Å². The Hall–Kier alpha value is -4.42. The average Bonchev–Trinajstić information content (AvgIpc) is 3.37. The van der Waals surface area contributed by atoms with E-state index in [1.807, 2.05) is 95.9 Å². The lowest BCUT2D eigenvalue weighted by molar-refractivity contribution is -0.141. The highest BCUT2D eigenvalue weighted by Gasteiger charge is 2.45. The molecular weight excluding hydrogens is 478 g/mol. The van der Waals surface area contributed by atoms with E-state index >= 15 is 0 Å². The Morgan fingerprint density at radius 3 is 1.95 bits per heavy atom. The molecule has 0 radical (unpaired) electrons. The zero-order valence-corrected chi connectivity index (χ0v) is 21.2. The second kappa shape index (κ2) is 11.3. The Balaban J connectivity index is 1.38. The summed E-state index contributed by atoms with van der Waals surface area (Å²) in [5, 5.41) is 0. The second-order valence-corrected chi connectivity index (χ2v) is 9.16. The first kappa shape index (κ1) is 25.2. The molecule has 38 heavy (non-hydrogen) atoms. The van der Waals surface area contributed by atoms with Gasteiger partial charge in [0.05, 0.1) is 20.1 Å². The summed E-state index contributed by atoms with van der Waals surface area (Å²) < 4.78 is 17.7. The fourth-order valence-electron chi connectivity index (χ4n) is 4.60. The summed E-state index contributed by atoms with van der Waals surface area (Å²) in [5.41, 5.74) is 3.28. The summed E-state index contributed by atoms with van der Waals surface area (Å²) in [4.78, 5) is 27.1. The Bertz CT molecular complexity index is 1350. The minimum Gasteiger partial charge on any atom is -0.469 e. The van der Waals surface area contributed by atoms with Gasteiger partial charge in [0.25, 0.3) is 0 Å². The van der Waals surface area contributed by atoms with Crippen LogP contribution in [0, 0.1) is 0 Å².